The van der Waals surface area contributed by atoms with E-state index in [9.17, 15) is 5.11 Å². The van der Waals surface area contributed by atoms with Crippen molar-refractivity contribution in [3.05, 3.63) is 23.7 Å². The van der Waals surface area contributed by atoms with Gasteiger partial charge in [0.2, 0.25) is 0 Å². The van der Waals surface area contributed by atoms with Crippen molar-refractivity contribution in [3.8, 4) is 0 Å². The van der Waals surface area contributed by atoms with E-state index in [1.165, 1.54) is 25.9 Å². The second-order valence-electron chi connectivity index (χ2n) is 8.42. The van der Waals surface area contributed by atoms with Gasteiger partial charge in [0, 0.05) is 26.2 Å². The molecule has 0 spiro atoms. The highest BCUT2D eigenvalue weighted by atomic mass is 127. The van der Waals surface area contributed by atoms with Crippen LogP contribution in [-0.2, 0) is 5.60 Å². The van der Waals surface area contributed by atoms with E-state index in [0.717, 1.165) is 31.4 Å². The SMILES string of the molecule is CCNC(=NCC(C)(O)c1ccc(C)o1)NCC1CCCN(CC(C)C)C1.I. The normalized spacial score (nSPS) is 20.5. The second-order valence-corrected chi connectivity index (χ2v) is 8.42. The summed E-state index contributed by atoms with van der Waals surface area (Å²) in [5.74, 6) is 3.44. The zero-order valence-electron chi connectivity index (χ0n) is 18.1. The van der Waals surface area contributed by atoms with Crippen molar-refractivity contribution in [3.63, 3.8) is 0 Å². The van der Waals surface area contributed by atoms with Crippen molar-refractivity contribution in [2.75, 3.05) is 39.3 Å². The zero-order valence-corrected chi connectivity index (χ0v) is 20.5. The lowest BCUT2D eigenvalue weighted by Crippen LogP contribution is -2.45. The van der Waals surface area contributed by atoms with Gasteiger partial charge in [0.25, 0.3) is 0 Å². The Morgan fingerprint density at radius 3 is 2.75 bits per heavy atom. The van der Waals surface area contributed by atoms with Crippen LogP contribution in [0.4, 0.5) is 0 Å². The van der Waals surface area contributed by atoms with Gasteiger partial charge >= 0.3 is 0 Å². The van der Waals surface area contributed by atoms with Gasteiger partial charge in [-0.2, -0.15) is 0 Å². The smallest absolute Gasteiger partial charge is 0.191 e. The topological polar surface area (TPSA) is 73.0 Å². The molecule has 28 heavy (non-hydrogen) atoms. The first-order valence-corrected chi connectivity index (χ1v) is 10.3. The molecule has 0 amide bonds. The van der Waals surface area contributed by atoms with Crippen LogP contribution in [0.2, 0.25) is 0 Å². The van der Waals surface area contributed by atoms with Crippen LogP contribution in [0.1, 0.15) is 52.1 Å². The number of hydrogen-bond acceptors (Lipinski definition) is 4. The second kappa shape index (κ2) is 12.0. The molecular weight excluding hydrogens is 467 g/mol. The number of nitrogens with one attached hydrogen (secondary N) is 2. The molecule has 0 aliphatic carbocycles. The predicted molar refractivity (Wildman–Crippen MR) is 126 cm³/mol. The van der Waals surface area contributed by atoms with Gasteiger partial charge in [-0.25, -0.2) is 4.99 Å². The fraction of sp³-hybridized carbons (Fsp3) is 0.762. The lowest BCUT2D eigenvalue weighted by molar-refractivity contribution is 0.0428. The Morgan fingerprint density at radius 2 is 2.14 bits per heavy atom. The van der Waals surface area contributed by atoms with Gasteiger partial charge in [-0.1, -0.05) is 13.8 Å². The minimum absolute atomic E-state index is 0. The summed E-state index contributed by atoms with van der Waals surface area (Å²) in [5, 5.41) is 17.4. The Labute approximate surface area is 187 Å². The molecule has 1 aliphatic rings. The van der Waals surface area contributed by atoms with Gasteiger partial charge in [-0.05, 0) is 64.1 Å². The van der Waals surface area contributed by atoms with Crippen LogP contribution in [0.3, 0.4) is 0 Å². The Morgan fingerprint density at radius 1 is 1.39 bits per heavy atom. The lowest BCUT2D eigenvalue weighted by atomic mass is 9.97. The summed E-state index contributed by atoms with van der Waals surface area (Å²) >= 11 is 0. The van der Waals surface area contributed by atoms with Gasteiger partial charge in [-0.15, -0.1) is 24.0 Å². The highest BCUT2D eigenvalue weighted by molar-refractivity contribution is 14.0. The van der Waals surface area contributed by atoms with E-state index in [4.69, 9.17) is 4.42 Å². The number of aliphatic imine (C=N–C) groups is 1. The summed E-state index contributed by atoms with van der Waals surface area (Å²) in [6, 6.07) is 3.68. The maximum atomic E-state index is 10.7. The molecule has 1 aromatic rings. The maximum Gasteiger partial charge on any atom is 0.191 e. The molecule has 2 rings (SSSR count). The van der Waals surface area contributed by atoms with Crippen molar-refractivity contribution >= 4 is 29.9 Å². The third-order valence-electron chi connectivity index (χ3n) is 4.95. The standard InChI is InChI=1S/C21H38N4O2.HI/c1-6-22-20(24-15-21(5,26)19-10-9-17(4)27-19)23-12-18-8-7-11-25(14-18)13-16(2)3;/h9-10,16,18,26H,6-8,11-15H2,1-5H3,(H2,22,23,24);1H. The van der Waals surface area contributed by atoms with Crippen LogP contribution in [0.25, 0.3) is 0 Å². The molecule has 2 unspecified atom stereocenters. The van der Waals surface area contributed by atoms with Crippen molar-refractivity contribution in [1.29, 1.82) is 0 Å². The number of aliphatic hydroxyl groups is 1. The average Bonchev–Trinajstić information content (AvgIpc) is 3.04. The third kappa shape index (κ3) is 8.29. The molecule has 1 saturated heterocycles. The molecule has 0 bridgehead atoms. The van der Waals surface area contributed by atoms with Gasteiger partial charge in [0.1, 0.15) is 17.1 Å². The Hall–Kier alpha value is -0.800. The highest BCUT2D eigenvalue weighted by Gasteiger charge is 2.27. The molecule has 6 nitrogen and oxygen atoms in total. The third-order valence-corrected chi connectivity index (χ3v) is 4.95. The van der Waals surface area contributed by atoms with Crippen molar-refractivity contribution in [1.82, 2.24) is 15.5 Å². The summed E-state index contributed by atoms with van der Waals surface area (Å²) < 4.78 is 5.57. The first kappa shape index (κ1) is 25.2. The van der Waals surface area contributed by atoms with Crippen molar-refractivity contribution in [2.24, 2.45) is 16.8 Å². The number of guanidine groups is 1. The van der Waals surface area contributed by atoms with Gasteiger partial charge in [0.05, 0.1) is 6.54 Å². The van der Waals surface area contributed by atoms with Gasteiger partial charge < -0.3 is 25.1 Å². The fourth-order valence-electron chi connectivity index (χ4n) is 3.62. The number of piperidine rings is 1. The molecule has 1 aromatic heterocycles. The van der Waals surface area contributed by atoms with E-state index < -0.39 is 5.60 Å². The number of hydrogen-bond donors (Lipinski definition) is 3. The molecule has 2 heterocycles. The van der Waals surface area contributed by atoms with Crippen LogP contribution in [0.15, 0.2) is 21.5 Å². The number of aryl methyl sites for hydroxylation is 1. The molecular formula is C21H39IN4O2. The van der Waals surface area contributed by atoms with Crippen LogP contribution < -0.4 is 10.6 Å². The maximum absolute atomic E-state index is 10.7. The van der Waals surface area contributed by atoms with Crippen LogP contribution in [-0.4, -0.2) is 55.2 Å². The Balaban J connectivity index is 0.00000392. The summed E-state index contributed by atoms with van der Waals surface area (Å²) in [6.07, 6.45) is 2.52. The van der Waals surface area contributed by atoms with E-state index in [1.807, 2.05) is 19.1 Å². The Kier molecular flexibility index (Phi) is 10.8. The molecule has 0 radical (unpaired) electrons. The molecule has 0 saturated carbocycles. The number of nitrogens with zero attached hydrogens (tertiary/aromatic N) is 2. The monoisotopic (exact) mass is 506 g/mol. The minimum Gasteiger partial charge on any atom is -0.463 e. The molecule has 2 atom stereocenters. The average molecular weight is 506 g/mol. The minimum atomic E-state index is -1.12. The molecule has 162 valence electrons. The largest absolute Gasteiger partial charge is 0.463 e. The first-order valence-electron chi connectivity index (χ1n) is 10.3. The van der Waals surface area contributed by atoms with E-state index in [0.29, 0.717) is 17.6 Å². The molecule has 3 N–H and O–H groups in total. The summed E-state index contributed by atoms with van der Waals surface area (Å²) in [4.78, 5) is 7.17. The molecule has 1 aliphatic heterocycles. The number of likely N-dealkylation sites (tertiary alicyclic amines) is 1. The van der Waals surface area contributed by atoms with Crippen LogP contribution >= 0.6 is 24.0 Å². The van der Waals surface area contributed by atoms with Crippen molar-refractivity contribution < 1.29 is 9.52 Å². The molecule has 1 fully saturated rings. The van der Waals surface area contributed by atoms with Crippen LogP contribution in [0.5, 0.6) is 0 Å². The molecule has 7 heteroatoms. The zero-order chi connectivity index (χ0) is 19.9. The van der Waals surface area contributed by atoms with E-state index in [2.05, 4.69) is 41.3 Å². The van der Waals surface area contributed by atoms with Gasteiger partial charge in [-0.3, -0.25) is 0 Å². The summed E-state index contributed by atoms with van der Waals surface area (Å²) in [5.41, 5.74) is -1.12. The van der Waals surface area contributed by atoms with E-state index >= 15 is 0 Å². The van der Waals surface area contributed by atoms with E-state index in [1.54, 1.807) is 6.92 Å². The highest BCUT2D eigenvalue weighted by Crippen LogP contribution is 2.23. The summed E-state index contributed by atoms with van der Waals surface area (Å²) in [6.45, 7) is 15.7. The molecule has 0 aromatic carbocycles. The summed E-state index contributed by atoms with van der Waals surface area (Å²) in [7, 11) is 0. The van der Waals surface area contributed by atoms with E-state index in [-0.39, 0.29) is 30.5 Å². The van der Waals surface area contributed by atoms with Crippen molar-refractivity contribution in [2.45, 2.75) is 53.1 Å². The lowest BCUT2D eigenvalue weighted by Gasteiger charge is -2.34. The number of halogens is 1. The Bertz CT molecular complexity index is 601. The quantitative estimate of drug-likeness (QED) is 0.287. The number of furan rings is 1. The van der Waals surface area contributed by atoms with Crippen LogP contribution in [0, 0.1) is 18.8 Å². The predicted octanol–water partition coefficient (Wildman–Crippen LogP) is 3.34. The fourth-order valence-corrected chi connectivity index (χ4v) is 3.62. The number of rotatable bonds is 8. The van der Waals surface area contributed by atoms with Gasteiger partial charge in [0.15, 0.2) is 5.96 Å². The first-order chi connectivity index (χ1) is 12.8.